The number of nitrogens with two attached hydrogens (primary N) is 1. The summed E-state index contributed by atoms with van der Waals surface area (Å²) < 4.78 is 5.57. The molecule has 0 radical (unpaired) electrons. The number of anilines is 1. The molecule has 0 amide bonds. The van der Waals surface area contributed by atoms with Crippen molar-refractivity contribution in [2.24, 2.45) is 11.1 Å². The maximum Gasteiger partial charge on any atom is 0.264 e. The summed E-state index contributed by atoms with van der Waals surface area (Å²) in [6.45, 7) is 2.91. The monoisotopic (exact) mass is 492 g/mol. The first-order valence-corrected chi connectivity index (χ1v) is 13.0. The van der Waals surface area contributed by atoms with E-state index in [9.17, 15) is 4.79 Å². The molecule has 0 saturated carbocycles. The fourth-order valence-electron chi connectivity index (χ4n) is 7.09. The lowest BCUT2D eigenvalue weighted by molar-refractivity contribution is -0.0324. The first kappa shape index (κ1) is 21.3. The van der Waals surface area contributed by atoms with Crippen LogP contribution in [0, 0.1) is 5.41 Å². The fourth-order valence-corrected chi connectivity index (χ4v) is 7.09. The van der Waals surface area contributed by atoms with Gasteiger partial charge in [0.25, 0.3) is 5.56 Å². The number of piperidine rings is 1. The van der Waals surface area contributed by atoms with Crippen molar-refractivity contribution < 1.29 is 4.74 Å². The van der Waals surface area contributed by atoms with E-state index >= 15 is 0 Å². The van der Waals surface area contributed by atoms with Crippen LogP contribution in [0.1, 0.15) is 46.8 Å². The van der Waals surface area contributed by atoms with E-state index in [1.54, 1.807) is 0 Å². The predicted molar refractivity (Wildman–Crippen MR) is 141 cm³/mol. The molecule has 0 bridgehead atoms. The van der Waals surface area contributed by atoms with Crippen molar-refractivity contribution in [2.45, 2.75) is 30.7 Å². The van der Waals surface area contributed by atoms with E-state index in [1.807, 2.05) is 6.07 Å². The molecule has 2 aliphatic heterocycles. The standard InChI is InChI=1S/C29H28N6O2/c30-24-18-6-2-1-5-17(18)13-28(24)9-11-35(12-10-28)27-31-25-22(26(36)32-27)23(33-34-25)20-14-29(15-37-16-29)21-8-4-3-7-19(20)21/h1-8,14,24H,9-13,15-16,30H2,(H2,31,32,33,34,36)/t24-/m1/s1. The van der Waals surface area contributed by atoms with Crippen LogP contribution < -0.4 is 16.2 Å². The average molecular weight is 493 g/mol. The van der Waals surface area contributed by atoms with E-state index in [4.69, 9.17) is 15.5 Å². The van der Waals surface area contributed by atoms with Gasteiger partial charge in [0, 0.05) is 24.7 Å². The summed E-state index contributed by atoms with van der Waals surface area (Å²) in [5, 5.41) is 8.12. The van der Waals surface area contributed by atoms with E-state index in [2.05, 4.69) is 68.6 Å². The van der Waals surface area contributed by atoms with Crippen molar-refractivity contribution in [3.05, 3.63) is 92.9 Å². The molecule has 2 fully saturated rings. The lowest BCUT2D eigenvalue weighted by atomic mass is 9.73. The third-order valence-electron chi connectivity index (χ3n) is 9.23. The van der Waals surface area contributed by atoms with Crippen LogP contribution >= 0.6 is 0 Å². The van der Waals surface area contributed by atoms with E-state index in [-0.39, 0.29) is 22.4 Å². The molecule has 2 saturated heterocycles. The van der Waals surface area contributed by atoms with Crippen LogP contribution in [0.2, 0.25) is 0 Å². The number of ether oxygens (including phenoxy) is 1. The number of aromatic nitrogens is 4. The maximum atomic E-state index is 13.4. The molecule has 4 aliphatic rings. The number of nitrogens with one attached hydrogen (secondary N) is 2. The Balaban J connectivity index is 1.10. The quantitative estimate of drug-likeness (QED) is 0.396. The molecule has 2 aromatic heterocycles. The molecule has 4 N–H and O–H groups in total. The van der Waals surface area contributed by atoms with Crippen LogP contribution in [0.15, 0.2) is 59.4 Å². The molecule has 0 unspecified atom stereocenters. The van der Waals surface area contributed by atoms with Crippen LogP contribution in [-0.2, 0) is 16.6 Å². The molecule has 2 aromatic carbocycles. The Kier molecular flexibility index (Phi) is 4.27. The SMILES string of the molecule is N[C@@H]1c2ccccc2CC12CCN(c1nc3n[nH]c(C4=CC5(COC5)c5ccccc54)c3c(=O)[nH]1)CC2. The minimum absolute atomic E-state index is 0.0566. The molecule has 4 heterocycles. The number of hydrogen-bond acceptors (Lipinski definition) is 6. The minimum atomic E-state index is -0.168. The Morgan fingerprint density at radius 3 is 2.62 bits per heavy atom. The van der Waals surface area contributed by atoms with Gasteiger partial charge in [-0.05, 0) is 46.9 Å². The van der Waals surface area contributed by atoms with E-state index < -0.39 is 0 Å². The van der Waals surface area contributed by atoms with Crippen LogP contribution in [0.5, 0.6) is 0 Å². The zero-order chi connectivity index (χ0) is 24.8. The van der Waals surface area contributed by atoms with Crippen molar-refractivity contribution >= 4 is 22.6 Å². The smallest absolute Gasteiger partial charge is 0.264 e. The van der Waals surface area contributed by atoms with Gasteiger partial charge in [-0.15, -0.1) is 0 Å². The Labute approximate surface area is 213 Å². The highest BCUT2D eigenvalue weighted by Crippen LogP contribution is 2.51. The highest BCUT2D eigenvalue weighted by Gasteiger charge is 2.47. The Bertz CT molecular complexity index is 1650. The average Bonchev–Trinajstić information content (AvgIpc) is 3.56. The molecule has 1 atom stereocenters. The molecule has 186 valence electrons. The Morgan fingerprint density at radius 1 is 1.05 bits per heavy atom. The summed E-state index contributed by atoms with van der Waals surface area (Å²) in [4.78, 5) is 23.5. The summed E-state index contributed by atoms with van der Waals surface area (Å²) in [7, 11) is 0. The van der Waals surface area contributed by atoms with E-state index in [0.29, 0.717) is 30.2 Å². The fraction of sp³-hybridized carbons (Fsp3) is 0.345. The summed E-state index contributed by atoms with van der Waals surface area (Å²) in [6, 6.07) is 16.9. The molecule has 37 heavy (non-hydrogen) atoms. The highest BCUT2D eigenvalue weighted by molar-refractivity contribution is 5.96. The van der Waals surface area contributed by atoms with Gasteiger partial charge in [-0.3, -0.25) is 14.9 Å². The van der Waals surface area contributed by atoms with E-state index in [0.717, 1.165) is 49.2 Å². The number of fused-ring (bicyclic) bond motifs is 4. The Hall–Kier alpha value is -3.75. The van der Waals surface area contributed by atoms with Gasteiger partial charge in [0.2, 0.25) is 5.95 Å². The number of benzene rings is 2. The van der Waals surface area contributed by atoms with Crippen molar-refractivity contribution in [1.29, 1.82) is 0 Å². The molecular weight excluding hydrogens is 464 g/mol. The van der Waals surface area contributed by atoms with Gasteiger partial charge in [0.05, 0.1) is 24.3 Å². The van der Waals surface area contributed by atoms with Gasteiger partial charge in [0.1, 0.15) is 5.39 Å². The normalized spacial score (nSPS) is 22.8. The molecule has 8 heteroatoms. The largest absolute Gasteiger partial charge is 0.379 e. The summed E-state index contributed by atoms with van der Waals surface area (Å²) in [5.41, 5.74) is 13.7. The number of H-pyrrole nitrogens is 2. The van der Waals surface area contributed by atoms with Crippen LogP contribution in [0.25, 0.3) is 16.6 Å². The zero-order valence-electron chi connectivity index (χ0n) is 20.5. The van der Waals surface area contributed by atoms with Gasteiger partial charge in [-0.1, -0.05) is 54.6 Å². The van der Waals surface area contributed by atoms with Crippen molar-refractivity contribution in [1.82, 2.24) is 20.2 Å². The van der Waals surface area contributed by atoms with Crippen LogP contribution in [0.4, 0.5) is 5.95 Å². The number of hydrogen-bond donors (Lipinski definition) is 3. The Morgan fingerprint density at radius 2 is 1.84 bits per heavy atom. The van der Waals surface area contributed by atoms with Crippen LogP contribution in [-0.4, -0.2) is 46.5 Å². The third-order valence-corrected chi connectivity index (χ3v) is 9.23. The van der Waals surface area contributed by atoms with Crippen molar-refractivity contribution in [2.75, 3.05) is 31.2 Å². The first-order valence-electron chi connectivity index (χ1n) is 13.0. The summed E-state index contributed by atoms with van der Waals surface area (Å²) >= 11 is 0. The zero-order valence-corrected chi connectivity index (χ0v) is 20.5. The molecule has 2 spiro atoms. The second-order valence-corrected chi connectivity index (χ2v) is 11.1. The number of aromatic amines is 2. The third kappa shape index (κ3) is 2.88. The molecule has 4 aromatic rings. The van der Waals surface area contributed by atoms with Gasteiger partial charge in [0.15, 0.2) is 5.65 Å². The lowest BCUT2D eigenvalue weighted by Crippen LogP contribution is -2.45. The second-order valence-electron chi connectivity index (χ2n) is 11.1. The maximum absolute atomic E-state index is 13.4. The molecular formula is C29H28N6O2. The van der Waals surface area contributed by atoms with Gasteiger partial charge >= 0.3 is 0 Å². The first-order chi connectivity index (χ1) is 18.1. The van der Waals surface area contributed by atoms with Gasteiger partial charge in [-0.2, -0.15) is 10.1 Å². The van der Waals surface area contributed by atoms with E-state index in [1.165, 1.54) is 16.7 Å². The minimum Gasteiger partial charge on any atom is -0.379 e. The lowest BCUT2D eigenvalue weighted by Gasteiger charge is -2.42. The number of rotatable bonds is 2. The van der Waals surface area contributed by atoms with Gasteiger partial charge in [-0.25, -0.2) is 0 Å². The topological polar surface area (TPSA) is 113 Å². The number of nitrogens with zero attached hydrogens (tertiary/aromatic N) is 3. The van der Waals surface area contributed by atoms with Crippen molar-refractivity contribution in [3.8, 4) is 0 Å². The van der Waals surface area contributed by atoms with Crippen LogP contribution in [0.3, 0.4) is 0 Å². The van der Waals surface area contributed by atoms with Gasteiger partial charge < -0.3 is 15.4 Å². The second kappa shape index (κ2) is 7.40. The molecule has 8 rings (SSSR count). The van der Waals surface area contributed by atoms with Crippen molar-refractivity contribution in [3.63, 3.8) is 0 Å². The summed E-state index contributed by atoms with van der Waals surface area (Å²) in [5.74, 6) is 0.583. The molecule has 2 aliphatic carbocycles. The molecule has 8 nitrogen and oxygen atoms in total. The predicted octanol–water partition coefficient (Wildman–Crippen LogP) is 3.20. The summed E-state index contributed by atoms with van der Waals surface area (Å²) in [6.07, 6.45) is 5.18. The highest BCUT2D eigenvalue weighted by atomic mass is 16.5.